The second-order valence-electron chi connectivity index (χ2n) is 5.31. The van der Waals surface area contributed by atoms with Crippen molar-refractivity contribution in [3.63, 3.8) is 0 Å². The summed E-state index contributed by atoms with van der Waals surface area (Å²) in [5.41, 5.74) is 5.22. The van der Waals surface area contributed by atoms with E-state index in [2.05, 4.69) is 88.0 Å². The first-order chi connectivity index (χ1) is 11.1. The number of benzene rings is 3. The summed E-state index contributed by atoms with van der Waals surface area (Å²) in [7, 11) is 0. The van der Waals surface area contributed by atoms with E-state index >= 15 is 0 Å². The van der Waals surface area contributed by atoms with Crippen molar-refractivity contribution in [3.8, 4) is 0 Å². The Morgan fingerprint density at radius 1 is 0.652 bits per heavy atom. The molecule has 0 aliphatic heterocycles. The molecule has 0 atom stereocenters. The van der Waals surface area contributed by atoms with Crippen molar-refractivity contribution in [1.29, 1.82) is 0 Å². The summed E-state index contributed by atoms with van der Waals surface area (Å²) in [6.07, 6.45) is 1.91. The monoisotopic (exact) mass is 304 g/mol. The first-order valence-electron chi connectivity index (χ1n) is 8.26. The Labute approximate surface area is 141 Å². The van der Waals surface area contributed by atoms with Crippen molar-refractivity contribution in [3.05, 3.63) is 89.5 Å². The highest BCUT2D eigenvalue weighted by atomic mass is 14.0. The zero-order valence-electron chi connectivity index (χ0n) is 15.1. The molecule has 3 rings (SSSR count). The Morgan fingerprint density at radius 3 is 1.65 bits per heavy atom. The van der Waals surface area contributed by atoms with E-state index in [-0.39, 0.29) is 0 Å². The molecule has 0 unspecified atom stereocenters. The molecule has 0 fully saturated rings. The minimum atomic E-state index is 1.27. The van der Waals surface area contributed by atoms with Gasteiger partial charge in [0.15, 0.2) is 0 Å². The van der Waals surface area contributed by atoms with Crippen molar-refractivity contribution < 1.29 is 0 Å². The van der Waals surface area contributed by atoms with Gasteiger partial charge < -0.3 is 0 Å². The predicted molar refractivity (Wildman–Crippen MR) is 106 cm³/mol. The minimum absolute atomic E-state index is 1.27. The van der Waals surface area contributed by atoms with Crippen molar-refractivity contribution in [1.82, 2.24) is 0 Å². The van der Waals surface area contributed by atoms with E-state index in [1.807, 2.05) is 19.9 Å². The molecule has 0 saturated heterocycles. The van der Waals surface area contributed by atoms with Crippen LogP contribution in [0.2, 0.25) is 0 Å². The number of hydrogen-bond donors (Lipinski definition) is 0. The molecule has 0 amide bonds. The molecule has 23 heavy (non-hydrogen) atoms. The zero-order chi connectivity index (χ0) is 17.2. The first kappa shape index (κ1) is 18.7. The zero-order valence-corrected chi connectivity index (χ0v) is 15.1. The van der Waals surface area contributed by atoms with E-state index in [0.29, 0.717) is 0 Å². The Morgan fingerprint density at radius 2 is 1.13 bits per heavy atom. The van der Waals surface area contributed by atoms with Gasteiger partial charge in [-0.3, -0.25) is 0 Å². The van der Waals surface area contributed by atoms with Crippen LogP contribution in [-0.4, -0.2) is 0 Å². The van der Waals surface area contributed by atoms with Crippen LogP contribution >= 0.6 is 0 Å². The van der Waals surface area contributed by atoms with E-state index in [9.17, 15) is 0 Å². The quantitative estimate of drug-likeness (QED) is 0.449. The molecule has 0 bridgehead atoms. The van der Waals surface area contributed by atoms with Crippen molar-refractivity contribution in [2.24, 2.45) is 0 Å². The smallest absolute Gasteiger partial charge is 0.0155 e. The molecule has 0 heteroatoms. The maximum Gasteiger partial charge on any atom is -0.0155 e. The molecule has 0 radical (unpaired) electrons. The Kier molecular flexibility index (Phi) is 7.83. The largest absolute Gasteiger partial charge is 0.0985 e. The van der Waals surface area contributed by atoms with Gasteiger partial charge in [0.1, 0.15) is 0 Å². The number of aryl methyl sites for hydroxylation is 3. The predicted octanol–water partition coefficient (Wildman–Crippen LogP) is 7.12. The highest BCUT2D eigenvalue weighted by Gasteiger charge is 1.94. The molecular weight excluding hydrogens is 276 g/mol. The van der Waals surface area contributed by atoms with Crippen LogP contribution in [0.3, 0.4) is 0 Å². The van der Waals surface area contributed by atoms with Gasteiger partial charge in [-0.15, -0.1) is 0 Å². The highest BCUT2D eigenvalue weighted by molar-refractivity contribution is 5.85. The van der Waals surface area contributed by atoms with Crippen molar-refractivity contribution >= 4 is 16.8 Å². The lowest BCUT2D eigenvalue weighted by atomic mass is 10.0. The normalized spacial score (nSPS) is 9.26. The molecule has 0 spiro atoms. The lowest BCUT2D eigenvalue weighted by Gasteiger charge is -2.02. The molecule has 0 nitrogen and oxygen atoms in total. The number of hydrogen-bond acceptors (Lipinski definition) is 0. The van der Waals surface area contributed by atoms with E-state index < -0.39 is 0 Å². The van der Waals surface area contributed by atoms with Crippen LogP contribution in [0.25, 0.3) is 16.8 Å². The lowest BCUT2D eigenvalue weighted by molar-refractivity contribution is 1.36. The molecule has 0 saturated carbocycles. The summed E-state index contributed by atoms with van der Waals surface area (Å²) in [6, 6.07) is 21.1. The third-order valence-electron chi connectivity index (χ3n) is 3.75. The van der Waals surface area contributed by atoms with Gasteiger partial charge in [0.05, 0.1) is 0 Å². The third-order valence-corrected chi connectivity index (χ3v) is 3.75. The summed E-state index contributed by atoms with van der Waals surface area (Å²) in [4.78, 5) is 0. The van der Waals surface area contributed by atoms with E-state index in [1.54, 1.807) is 0 Å². The van der Waals surface area contributed by atoms with Crippen LogP contribution in [0.1, 0.15) is 36.1 Å². The van der Waals surface area contributed by atoms with Gasteiger partial charge >= 0.3 is 0 Å². The third kappa shape index (κ3) is 5.10. The van der Waals surface area contributed by atoms with E-state index in [4.69, 9.17) is 0 Å². The number of rotatable bonds is 1. The fourth-order valence-electron chi connectivity index (χ4n) is 2.54. The topological polar surface area (TPSA) is 0 Å². The van der Waals surface area contributed by atoms with Crippen LogP contribution in [-0.2, 0) is 0 Å². The molecule has 3 aromatic carbocycles. The molecule has 120 valence electrons. The Bertz CT molecular complexity index is 725. The summed E-state index contributed by atoms with van der Waals surface area (Å²) < 4.78 is 0. The van der Waals surface area contributed by atoms with Crippen LogP contribution in [0, 0.1) is 20.8 Å². The minimum Gasteiger partial charge on any atom is -0.0985 e. The Hall–Kier alpha value is -2.34. The van der Waals surface area contributed by atoms with Crippen LogP contribution in [0.5, 0.6) is 0 Å². The van der Waals surface area contributed by atoms with Gasteiger partial charge in [0, 0.05) is 0 Å². The number of fused-ring (bicyclic) bond motifs is 1. The van der Waals surface area contributed by atoms with Crippen LogP contribution in [0.15, 0.2) is 67.2 Å². The van der Waals surface area contributed by atoms with Crippen LogP contribution < -0.4 is 0 Å². The van der Waals surface area contributed by atoms with E-state index in [1.165, 1.54) is 33.0 Å². The highest BCUT2D eigenvalue weighted by Crippen LogP contribution is 2.16. The molecule has 0 aliphatic carbocycles. The van der Waals surface area contributed by atoms with Gasteiger partial charge in [-0.1, -0.05) is 87.2 Å². The van der Waals surface area contributed by atoms with Crippen LogP contribution in [0.4, 0.5) is 0 Å². The van der Waals surface area contributed by atoms with Gasteiger partial charge in [-0.25, -0.2) is 0 Å². The van der Waals surface area contributed by atoms with Gasteiger partial charge in [0.2, 0.25) is 0 Å². The average Bonchev–Trinajstić information content (AvgIpc) is 2.58. The Balaban J connectivity index is 0.000000209. The van der Waals surface area contributed by atoms with E-state index in [0.717, 1.165) is 0 Å². The van der Waals surface area contributed by atoms with Crippen molar-refractivity contribution in [2.75, 3.05) is 0 Å². The standard InChI is InChI=1S/C11H10.C10H12.C2H6/c1-9-5-4-7-10-6-2-3-8-11(9)10;1-4-10-8(2)6-5-7-9(10)3;1-2/h2-8H,1H3;4-7H,1H2,2-3H3;1-2H3. The maximum absolute atomic E-state index is 3.75. The molecule has 0 aromatic heterocycles. The SMILES string of the molecule is C=Cc1c(C)cccc1C.CC.Cc1cccc2ccccc12. The summed E-state index contributed by atoms with van der Waals surface area (Å²) in [5, 5.41) is 2.68. The fourth-order valence-corrected chi connectivity index (χ4v) is 2.54. The summed E-state index contributed by atoms with van der Waals surface area (Å²) in [6.45, 7) is 14.1. The summed E-state index contributed by atoms with van der Waals surface area (Å²) >= 11 is 0. The van der Waals surface area contributed by atoms with Gasteiger partial charge in [-0.05, 0) is 53.8 Å². The molecule has 0 N–H and O–H groups in total. The molecule has 3 aromatic rings. The molecule has 0 heterocycles. The van der Waals surface area contributed by atoms with Gasteiger partial charge in [0.25, 0.3) is 0 Å². The molecular formula is C23H28. The first-order valence-corrected chi connectivity index (χ1v) is 8.26. The summed E-state index contributed by atoms with van der Waals surface area (Å²) in [5.74, 6) is 0. The maximum atomic E-state index is 3.75. The second kappa shape index (κ2) is 9.63. The molecule has 0 aliphatic rings. The van der Waals surface area contributed by atoms with Gasteiger partial charge in [-0.2, -0.15) is 0 Å². The van der Waals surface area contributed by atoms with Crippen molar-refractivity contribution in [2.45, 2.75) is 34.6 Å². The second-order valence-corrected chi connectivity index (χ2v) is 5.31. The lowest BCUT2D eigenvalue weighted by Crippen LogP contribution is -1.83. The fraction of sp³-hybridized carbons (Fsp3) is 0.217. The average molecular weight is 304 g/mol.